The van der Waals surface area contributed by atoms with Crippen molar-refractivity contribution in [1.29, 1.82) is 0 Å². The number of aryl methyl sites for hydroxylation is 2. The van der Waals surface area contributed by atoms with Gasteiger partial charge in [0, 0.05) is 3.57 Å². The smallest absolute Gasteiger partial charge is 0.0647 e. The maximum absolute atomic E-state index is 3.81. The summed E-state index contributed by atoms with van der Waals surface area (Å²) in [6.45, 7) is 4.30. The number of alkyl halides is 1. The van der Waals surface area contributed by atoms with Crippen LogP contribution in [0.25, 0.3) is 0 Å². The average Bonchev–Trinajstić information content (AvgIpc) is 2.31. The van der Waals surface area contributed by atoms with Gasteiger partial charge in [-0.1, -0.05) is 51.8 Å². The van der Waals surface area contributed by atoms with Gasteiger partial charge >= 0.3 is 0 Å². The standard InChI is InChI=1S/C15H14BrI/c1-10-6-7-11(2)14(8-10)15(16)12-4-3-5-13(17)9-12/h3-9,15H,1-2H3. The SMILES string of the molecule is Cc1ccc(C)c(C(Br)c2cccc(I)c2)c1. The number of benzene rings is 2. The van der Waals surface area contributed by atoms with Crippen molar-refractivity contribution in [3.63, 3.8) is 0 Å². The topological polar surface area (TPSA) is 0 Å². The normalized spacial score (nSPS) is 12.5. The Labute approximate surface area is 125 Å². The van der Waals surface area contributed by atoms with Crippen molar-refractivity contribution in [1.82, 2.24) is 0 Å². The summed E-state index contributed by atoms with van der Waals surface area (Å²) < 4.78 is 1.27. The number of hydrogen-bond donors (Lipinski definition) is 0. The lowest BCUT2D eigenvalue weighted by Gasteiger charge is -2.14. The predicted octanol–water partition coefficient (Wildman–Crippen LogP) is 5.39. The summed E-state index contributed by atoms with van der Waals surface area (Å²) in [6, 6.07) is 15.2. The van der Waals surface area contributed by atoms with Crippen molar-refractivity contribution in [2.24, 2.45) is 0 Å². The minimum Gasteiger partial charge on any atom is -0.0786 e. The molecule has 0 aromatic heterocycles. The van der Waals surface area contributed by atoms with Gasteiger partial charge in [0.25, 0.3) is 0 Å². The molecular weight excluding hydrogens is 387 g/mol. The molecule has 0 amide bonds. The minimum absolute atomic E-state index is 0.275. The summed E-state index contributed by atoms with van der Waals surface area (Å²) in [5.41, 5.74) is 5.30. The second-order valence-electron chi connectivity index (χ2n) is 4.28. The van der Waals surface area contributed by atoms with Crippen molar-refractivity contribution in [3.8, 4) is 0 Å². The summed E-state index contributed by atoms with van der Waals surface area (Å²) in [5, 5.41) is 0. The molecule has 2 aromatic rings. The van der Waals surface area contributed by atoms with Gasteiger partial charge in [-0.05, 0) is 65.3 Å². The second kappa shape index (κ2) is 5.53. The van der Waals surface area contributed by atoms with Crippen LogP contribution in [0.1, 0.15) is 27.1 Å². The van der Waals surface area contributed by atoms with Crippen LogP contribution in [0.4, 0.5) is 0 Å². The zero-order valence-corrected chi connectivity index (χ0v) is 13.6. The van der Waals surface area contributed by atoms with E-state index in [2.05, 4.69) is 94.8 Å². The Kier molecular flexibility index (Phi) is 4.26. The van der Waals surface area contributed by atoms with E-state index in [0.717, 1.165) is 0 Å². The number of hydrogen-bond acceptors (Lipinski definition) is 0. The molecule has 2 rings (SSSR count). The lowest BCUT2D eigenvalue weighted by atomic mass is 9.98. The van der Waals surface area contributed by atoms with Gasteiger partial charge in [-0.2, -0.15) is 0 Å². The third kappa shape index (κ3) is 3.10. The highest BCUT2D eigenvalue weighted by Gasteiger charge is 2.12. The van der Waals surface area contributed by atoms with Crippen LogP contribution in [0.3, 0.4) is 0 Å². The third-order valence-corrected chi connectivity index (χ3v) is 4.54. The molecule has 88 valence electrons. The van der Waals surface area contributed by atoms with Crippen LogP contribution < -0.4 is 0 Å². The lowest BCUT2D eigenvalue weighted by molar-refractivity contribution is 1.13. The summed E-state index contributed by atoms with van der Waals surface area (Å²) >= 11 is 6.16. The lowest BCUT2D eigenvalue weighted by Crippen LogP contribution is -1.96. The summed E-state index contributed by atoms with van der Waals surface area (Å²) in [6.07, 6.45) is 0. The molecule has 0 N–H and O–H groups in total. The molecule has 1 atom stereocenters. The van der Waals surface area contributed by atoms with Crippen LogP contribution >= 0.6 is 38.5 Å². The molecule has 0 saturated carbocycles. The van der Waals surface area contributed by atoms with Crippen LogP contribution in [-0.4, -0.2) is 0 Å². The Bertz CT molecular complexity index is 534. The molecular formula is C15H14BrI. The van der Waals surface area contributed by atoms with E-state index in [9.17, 15) is 0 Å². The van der Waals surface area contributed by atoms with Gasteiger partial charge in [0.2, 0.25) is 0 Å². The third-order valence-electron chi connectivity index (χ3n) is 2.85. The van der Waals surface area contributed by atoms with E-state index < -0.39 is 0 Å². The summed E-state index contributed by atoms with van der Waals surface area (Å²) in [7, 11) is 0. The van der Waals surface area contributed by atoms with Crippen LogP contribution in [-0.2, 0) is 0 Å². The fraction of sp³-hybridized carbons (Fsp3) is 0.200. The molecule has 2 aromatic carbocycles. The quantitative estimate of drug-likeness (QED) is 0.468. The van der Waals surface area contributed by atoms with E-state index >= 15 is 0 Å². The molecule has 0 aliphatic heterocycles. The molecule has 0 spiro atoms. The molecule has 17 heavy (non-hydrogen) atoms. The Morgan fingerprint density at radius 3 is 2.53 bits per heavy atom. The molecule has 2 heteroatoms. The first kappa shape index (κ1) is 13.1. The molecule has 0 radical (unpaired) electrons. The first-order valence-corrected chi connectivity index (χ1v) is 7.54. The fourth-order valence-electron chi connectivity index (χ4n) is 1.88. The van der Waals surface area contributed by atoms with Gasteiger partial charge in [-0.3, -0.25) is 0 Å². The number of rotatable bonds is 2. The van der Waals surface area contributed by atoms with Crippen LogP contribution in [0.2, 0.25) is 0 Å². The van der Waals surface area contributed by atoms with E-state index in [4.69, 9.17) is 0 Å². The largest absolute Gasteiger partial charge is 0.0786 e. The molecule has 0 nitrogen and oxygen atoms in total. The first-order valence-electron chi connectivity index (χ1n) is 5.54. The van der Waals surface area contributed by atoms with E-state index in [1.165, 1.54) is 25.8 Å². The fourth-order valence-corrected chi connectivity index (χ4v) is 3.22. The number of halogens is 2. The Morgan fingerprint density at radius 1 is 1.06 bits per heavy atom. The highest BCUT2D eigenvalue weighted by molar-refractivity contribution is 14.1. The molecule has 0 aliphatic carbocycles. The zero-order chi connectivity index (χ0) is 12.4. The van der Waals surface area contributed by atoms with Gasteiger partial charge in [-0.15, -0.1) is 0 Å². The maximum Gasteiger partial charge on any atom is 0.0647 e. The molecule has 0 fully saturated rings. The van der Waals surface area contributed by atoms with Gasteiger partial charge in [0.05, 0.1) is 4.83 Å². The summed E-state index contributed by atoms with van der Waals surface area (Å²) in [5.74, 6) is 0. The molecule has 0 aliphatic rings. The van der Waals surface area contributed by atoms with Crippen molar-refractivity contribution < 1.29 is 0 Å². The van der Waals surface area contributed by atoms with Crippen molar-refractivity contribution in [2.45, 2.75) is 18.7 Å². The Balaban J connectivity index is 2.43. The van der Waals surface area contributed by atoms with Gasteiger partial charge < -0.3 is 0 Å². The molecule has 1 unspecified atom stereocenters. The molecule has 0 bridgehead atoms. The van der Waals surface area contributed by atoms with E-state index in [-0.39, 0.29) is 4.83 Å². The monoisotopic (exact) mass is 400 g/mol. The predicted molar refractivity (Wildman–Crippen MR) is 85.8 cm³/mol. The Hall–Kier alpha value is -0.350. The van der Waals surface area contributed by atoms with Crippen molar-refractivity contribution >= 4 is 38.5 Å². The zero-order valence-electron chi connectivity index (χ0n) is 9.87. The Morgan fingerprint density at radius 2 is 1.82 bits per heavy atom. The molecule has 0 heterocycles. The maximum atomic E-state index is 3.81. The second-order valence-corrected chi connectivity index (χ2v) is 6.44. The van der Waals surface area contributed by atoms with E-state index in [0.29, 0.717) is 0 Å². The van der Waals surface area contributed by atoms with Crippen LogP contribution in [0.5, 0.6) is 0 Å². The van der Waals surface area contributed by atoms with Crippen LogP contribution in [0.15, 0.2) is 42.5 Å². The minimum atomic E-state index is 0.275. The van der Waals surface area contributed by atoms with Gasteiger partial charge in [0.1, 0.15) is 0 Å². The van der Waals surface area contributed by atoms with E-state index in [1.54, 1.807) is 0 Å². The van der Waals surface area contributed by atoms with Crippen molar-refractivity contribution in [2.75, 3.05) is 0 Å². The first-order chi connectivity index (χ1) is 8.08. The highest BCUT2D eigenvalue weighted by atomic mass is 127. The van der Waals surface area contributed by atoms with Gasteiger partial charge in [0.15, 0.2) is 0 Å². The summed E-state index contributed by atoms with van der Waals surface area (Å²) in [4.78, 5) is 0.275. The van der Waals surface area contributed by atoms with Crippen LogP contribution in [0, 0.1) is 17.4 Å². The van der Waals surface area contributed by atoms with Gasteiger partial charge in [-0.25, -0.2) is 0 Å². The van der Waals surface area contributed by atoms with Crippen molar-refractivity contribution in [3.05, 3.63) is 68.3 Å². The average molecular weight is 401 g/mol. The molecule has 0 saturated heterocycles. The van der Waals surface area contributed by atoms with E-state index in [1.807, 2.05) is 0 Å². The highest BCUT2D eigenvalue weighted by Crippen LogP contribution is 2.33.